The number of hydrogen-bond acceptors (Lipinski definition) is 6. The third-order valence-corrected chi connectivity index (χ3v) is 7.22. The number of hydrogen-bond donors (Lipinski definition) is 2. The van der Waals surface area contributed by atoms with Gasteiger partial charge in [0.25, 0.3) is 0 Å². The Hall–Kier alpha value is -3.20. The van der Waals surface area contributed by atoms with Gasteiger partial charge in [-0.2, -0.15) is 0 Å². The lowest BCUT2D eigenvalue weighted by atomic mass is 9.85. The van der Waals surface area contributed by atoms with Crippen LogP contribution in [0.2, 0.25) is 0 Å². The van der Waals surface area contributed by atoms with Crippen LogP contribution in [0, 0.1) is 5.92 Å². The highest BCUT2D eigenvalue weighted by molar-refractivity contribution is 8.00. The number of thioether (sulfide) groups is 1. The molecule has 0 bridgehead atoms. The van der Waals surface area contributed by atoms with Crippen LogP contribution in [0.15, 0.2) is 60.0 Å². The molecule has 0 unspecified atom stereocenters. The van der Waals surface area contributed by atoms with Crippen molar-refractivity contribution < 1.29 is 9.59 Å². The van der Waals surface area contributed by atoms with Crippen molar-refractivity contribution in [2.24, 2.45) is 5.92 Å². The van der Waals surface area contributed by atoms with Crippen molar-refractivity contribution in [2.75, 3.05) is 7.05 Å². The fraction of sp³-hybridized carbons (Fsp3) is 0.375. The van der Waals surface area contributed by atoms with Crippen LogP contribution in [0.25, 0.3) is 11.4 Å². The second-order valence-corrected chi connectivity index (χ2v) is 9.30. The van der Waals surface area contributed by atoms with E-state index in [0.29, 0.717) is 11.1 Å². The Labute approximate surface area is 197 Å². The third kappa shape index (κ3) is 5.24. The average molecular weight is 465 g/mol. The maximum atomic E-state index is 13.1. The van der Waals surface area contributed by atoms with Gasteiger partial charge in [0, 0.05) is 31.0 Å². The molecule has 3 atom stereocenters. The summed E-state index contributed by atoms with van der Waals surface area (Å²) in [6.45, 7) is 2.26. The predicted molar refractivity (Wildman–Crippen MR) is 128 cm³/mol. The quantitative estimate of drug-likeness (QED) is 0.525. The number of benzene rings is 1. The minimum Gasteiger partial charge on any atom is -0.341 e. The zero-order chi connectivity index (χ0) is 23.2. The molecule has 4 rings (SSSR count). The van der Waals surface area contributed by atoms with Gasteiger partial charge < -0.3 is 5.32 Å². The molecular weight excluding hydrogens is 436 g/mol. The van der Waals surface area contributed by atoms with Crippen LogP contribution >= 0.6 is 11.8 Å². The molecule has 0 radical (unpaired) electrons. The highest BCUT2D eigenvalue weighted by Gasteiger charge is 2.32. The van der Waals surface area contributed by atoms with Crippen LogP contribution in [0.3, 0.4) is 0 Å². The van der Waals surface area contributed by atoms with Gasteiger partial charge >= 0.3 is 6.03 Å². The summed E-state index contributed by atoms with van der Waals surface area (Å²) in [7, 11) is 1.48. The van der Waals surface area contributed by atoms with Gasteiger partial charge in [-0.1, -0.05) is 61.9 Å². The summed E-state index contributed by atoms with van der Waals surface area (Å²) in [4.78, 5) is 29.2. The Bertz CT molecular complexity index is 1090. The van der Waals surface area contributed by atoms with E-state index in [4.69, 9.17) is 0 Å². The zero-order valence-electron chi connectivity index (χ0n) is 18.8. The van der Waals surface area contributed by atoms with Gasteiger partial charge in [-0.15, -0.1) is 10.2 Å². The summed E-state index contributed by atoms with van der Waals surface area (Å²) in [5.41, 5.74) is 1.68. The molecule has 1 saturated carbocycles. The number of carbonyl (C=O) groups is 2. The van der Waals surface area contributed by atoms with Crippen molar-refractivity contribution in [3.63, 3.8) is 0 Å². The summed E-state index contributed by atoms with van der Waals surface area (Å²) >= 11 is 1.32. The summed E-state index contributed by atoms with van der Waals surface area (Å²) < 4.78 is 2.18. The first-order chi connectivity index (χ1) is 16.1. The maximum absolute atomic E-state index is 13.1. The van der Waals surface area contributed by atoms with Crippen molar-refractivity contribution in [3.8, 4) is 11.4 Å². The molecule has 0 saturated heterocycles. The van der Waals surface area contributed by atoms with Gasteiger partial charge in [0.2, 0.25) is 5.91 Å². The molecule has 9 heteroatoms. The van der Waals surface area contributed by atoms with Crippen LogP contribution < -0.4 is 10.6 Å². The summed E-state index contributed by atoms with van der Waals surface area (Å²) in [6, 6.07) is 13.0. The molecule has 1 aliphatic rings. The van der Waals surface area contributed by atoms with Gasteiger partial charge in [-0.05, 0) is 36.5 Å². The molecule has 8 nitrogen and oxygen atoms in total. The van der Waals surface area contributed by atoms with E-state index in [0.717, 1.165) is 36.2 Å². The fourth-order valence-electron chi connectivity index (χ4n) is 4.27. The zero-order valence-corrected chi connectivity index (χ0v) is 19.6. The molecule has 1 fully saturated rings. The third-order valence-electron chi connectivity index (χ3n) is 6.01. The Morgan fingerprint density at radius 1 is 1.09 bits per heavy atom. The number of imide groups is 1. The summed E-state index contributed by atoms with van der Waals surface area (Å²) in [5.74, 6) is 0.807. The molecule has 0 aliphatic heterocycles. The van der Waals surface area contributed by atoms with Gasteiger partial charge in [-0.25, -0.2) is 4.79 Å². The molecule has 3 amide bonds. The van der Waals surface area contributed by atoms with E-state index in [2.05, 4.69) is 37.3 Å². The first-order valence-electron chi connectivity index (χ1n) is 11.2. The van der Waals surface area contributed by atoms with E-state index in [1.807, 2.05) is 42.5 Å². The number of rotatable bonds is 6. The number of carbonyl (C=O) groups excluding carboxylic acids is 2. The van der Waals surface area contributed by atoms with E-state index < -0.39 is 17.2 Å². The molecule has 2 aromatic heterocycles. The SMILES string of the molecule is CNC(=O)NC(=O)[C@H](Sc1nnc(-c2cccnc2)n1[C@H]1CCCC[C@@H]1C)c1ccccc1. The van der Waals surface area contributed by atoms with Gasteiger partial charge in [0.05, 0.1) is 0 Å². The smallest absolute Gasteiger partial charge is 0.321 e. The van der Waals surface area contributed by atoms with Crippen LogP contribution in [0.4, 0.5) is 4.79 Å². The maximum Gasteiger partial charge on any atom is 0.321 e. The fourth-order valence-corrected chi connectivity index (χ4v) is 5.37. The first-order valence-corrected chi connectivity index (χ1v) is 12.1. The molecule has 3 aromatic rings. The second-order valence-electron chi connectivity index (χ2n) is 8.22. The minimum absolute atomic E-state index is 0.227. The molecule has 172 valence electrons. The van der Waals surface area contributed by atoms with Crippen LogP contribution in [0.1, 0.15) is 49.5 Å². The Kier molecular flexibility index (Phi) is 7.39. The largest absolute Gasteiger partial charge is 0.341 e. The summed E-state index contributed by atoms with van der Waals surface area (Å²) in [6.07, 6.45) is 8.04. The second kappa shape index (κ2) is 10.6. The van der Waals surface area contributed by atoms with E-state index in [1.54, 1.807) is 12.4 Å². The molecule has 2 N–H and O–H groups in total. The van der Waals surface area contributed by atoms with Crippen molar-refractivity contribution in [2.45, 2.75) is 49.1 Å². The molecule has 0 spiro atoms. The van der Waals surface area contributed by atoms with Crippen molar-refractivity contribution >= 4 is 23.7 Å². The van der Waals surface area contributed by atoms with Crippen molar-refractivity contribution in [1.29, 1.82) is 0 Å². The average Bonchev–Trinajstić information content (AvgIpc) is 3.27. The van der Waals surface area contributed by atoms with Gasteiger partial charge in [0.15, 0.2) is 11.0 Å². The summed E-state index contributed by atoms with van der Waals surface area (Å²) in [5, 5.41) is 13.9. The van der Waals surface area contributed by atoms with Crippen LogP contribution in [-0.4, -0.2) is 38.7 Å². The first kappa shape index (κ1) is 23.0. The Morgan fingerprint density at radius 2 is 1.88 bits per heavy atom. The number of nitrogens with one attached hydrogen (secondary N) is 2. The molecule has 2 heterocycles. The lowest BCUT2D eigenvalue weighted by Crippen LogP contribution is -2.39. The lowest BCUT2D eigenvalue weighted by molar-refractivity contribution is -0.119. The topological polar surface area (TPSA) is 102 Å². The van der Waals surface area contributed by atoms with E-state index in [1.165, 1.54) is 25.2 Å². The number of urea groups is 1. The lowest BCUT2D eigenvalue weighted by Gasteiger charge is -2.32. The molecular formula is C24H28N6O2S. The normalized spacial score (nSPS) is 19.0. The monoisotopic (exact) mass is 464 g/mol. The number of amides is 3. The predicted octanol–water partition coefficient (Wildman–Crippen LogP) is 4.38. The molecule has 1 aliphatic carbocycles. The van der Waals surface area contributed by atoms with Gasteiger partial charge in [-0.3, -0.25) is 19.7 Å². The van der Waals surface area contributed by atoms with E-state index >= 15 is 0 Å². The standard InChI is InChI=1S/C24H28N6O2S/c1-16-9-6-7-13-19(16)30-21(18-12-8-14-26-15-18)28-29-24(30)33-20(17-10-4-3-5-11-17)22(31)27-23(32)25-2/h3-5,8,10-12,14-16,19-20H,6-7,9,13H2,1-2H3,(H2,25,27,31,32)/t16-,19-,20+/m0/s1. The number of pyridine rings is 1. The Morgan fingerprint density at radius 3 is 2.58 bits per heavy atom. The van der Waals surface area contributed by atoms with Crippen LogP contribution in [0.5, 0.6) is 0 Å². The number of nitrogens with zero attached hydrogens (tertiary/aromatic N) is 4. The molecule has 33 heavy (non-hydrogen) atoms. The number of aromatic nitrogens is 4. The Balaban J connectivity index is 1.75. The van der Waals surface area contributed by atoms with Crippen molar-refractivity contribution in [3.05, 3.63) is 60.4 Å². The van der Waals surface area contributed by atoms with E-state index in [9.17, 15) is 9.59 Å². The molecule has 1 aromatic carbocycles. The highest BCUT2D eigenvalue weighted by atomic mass is 32.2. The van der Waals surface area contributed by atoms with E-state index in [-0.39, 0.29) is 6.04 Å². The minimum atomic E-state index is -0.660. The van der Waals surface area contributed by atoms with Crippen LogP contribution in [-0.2, 0) is 4.79 Å². The highest BCUT2D eigenvalue weighted by Crippen LogP contribution is 2.42. The van der Waals surface area contributed by atoms with Gasteiger partial charge in [0.1, 0.15) is 5.25 Å². The van der Waals surface area contributed by atoms with Crippen molar-refractivity contribution in [1.82, 2.24) is 30.4 Å².